The highest BCUT2D eigenvalue weighted by Gasteiger charge is 2.23. The lowest BCUT2D eigenvalue weighted by Gasteiger charge is -2.16. The van der Waals surface area contributed by atoms with Crippen LogP contribution in [0.15, 0.2) is 23.1 Å². The minimum absolute atomic E-state index is 0.0222. The van der Waals surface area contributed by atoms with Crippen molar-refractivity contribution in [2.45, 2.75) is 24.8 Å². The Morgan fingerprint density at radius 2 is 2.10 bits per heavy atom. The predicted molar refractivity (Wildman–Crippen MR) is 76.2 cm³/mol. The average Bonchev–Trinajstić information content (AvgIpc) is 2.43. The number of ether oxygens (including phenoxy) is 2. The number of carboxylic acid groups (broad SMARTS) is 1. The number of nitrogens with one attached hydrogen (secondary N) is 1. The summed E-state index contributed by atoms with van der Waals surface area (Å²) in [5, 5.41) is 8.90. The molecule has 0 saturated carbocycles. The van der Waals surface area contributed by atoms with Crippen molar-refractivity contribution in [3.63, 3.8) is 0 Å². The van der Waals surface area contributed by atoms with Crippen LogP contribution in [0.5, 0.6) is 5.75 Å². The average molecular weight is 317 g/mol. The summed E-state index contributed by atoms with van der Waals surface area (Å²) >= 11 is 0. The lowest BCUT2D eigenvalue weighted by molar-refractivity contribution is 0.0696. The second-order valence-corrected chi connectivity index (χ2v) is 6.03. The van der Waals surface area contributed by atoms with E-state index in [1.165, 1.54) is 25.3 Å². The quantitative estimate of drug-likeness (QED) is 0.744. The first-order chi connectivity index (χ1) is 9.81. The number of methoxy groups -OCH3 is 1. The zero-order chi connectivity index (χ0) is 16.0. The van der Waals surface area contributed by atoms with Gasteiger partial charge in [-0.25, -0.2) is 17.9 Å². The van der Waals surface area contributed by atoms with Gasteiger partial charge in [0, 0.05) is 12.6 Å². The Kier molecular flexibility index (Phi) is 6.13. The fraction of sp³-hybridized carbons (Fsp3) is 0.462. The number of hydrogen-bond donors (Lipinski definition) is 2. The summed E-state index contributed by atoms with van der Waals surface area (Å²) in [5.41, 5.74) is -0.0480. The smallest absolute Gasteiger partial charge is 0.335 e. The minimum Gasteiger partial charge on any atom is -0.495 e. The van der Waals surface area contributed by atoms with E-state index < -0.39 is 22.0 Å². The molecule has 0 spiro atoms. The zero-order valence-electron chi connectivity index (χ0n) is 12.1. The SMILES string of the molecule is CCOCC(C)NS(=O)(=O)c1ccc(C(=O)O)cc1OC. The number of carbonyl (C=O) groups is 1. The molecule has 8 heteroatoms. The van der Waals surface area contributed by atoms with E-state index in [4.69, 9.17) is 14.6 Å². The maximum atomic E-state index is 12.3. The van der Waals surface area contributed by atoms with Gasteiger partial charge in [0.25, 0.3) is 0 Å². The lowest BCUT2D eigenvalue weighted by Crippen LogP contribution is -2.36. The first-order valence-electron chi connectivity index (χ1n) is 6.33. The number of carboxylic acids is 1. The largest absolute Gasteiger partial charge is 0.495 e. The third-order valence-corrected chi connectivity index (χ3v) is 4.26. The molecule has 0 aliphatic rings. The van der Waals surface area contributed by atoms with E-state index in [0.29, 0.717) is 6.61 Å². The Balaban J connectivity index is 3.05. The van der Waals surface area contributed by atoms with Gasteiger partial charge in [-0.05, 0) is 32.0 Å². The second kappa shape index (κ2) is 7.39. The third kappa shape index (κ3) is 4.69. The fourth-order valence-electron chi connectivity index (χ4n) is 1.68. The van der Waals surface area contributed by atoms with Crippen molar-refractivity contribution in [3.8, 4) is 5.75 Å². The molecule has 2 N–H and O–H groups in total. The number of benzene rings is 1. The van der Waals surface area contributed by atoms with Gasteiger partial charge in [-0.3, -0.25) is 0 Å². The Morgan fingerprint density at radius 3 is 2.62 bits per heavy atom. The molecule has 0 amide bonds. The van der Waals surface area contributed by atoms with Crippen LogP contribution in [0, 0.1) is 0 Å². The summed E-state index contributed by atoms with van der Waals surface area (Å²) in [7, 11) is -2.54. The monoisotopic (exact) mass is 317 g/mol. The van der Waals surface area contributed by atoms with Crippen molar-refractivity contribution in [2.24, 2.45) is 0 Å². The molecule has 0 heterocycles. The van der Waals surface area contributed by atoms with E-state index in [-0.39, 0.29) is 22.8 Å². The van der Waals surface area contributed by atoms with Crippen molar-refractivity contribution in [3.05, 3.63) is 23.8 Å². The third-order valence-electron chi connectivity index (χ3n) is 2.63. The van der Waals surface area contributed by atoms with E-state index in [0.717, 1.165) is 0 Å². The number of sulfonamides is 1. The van der Waals surface area contributed by atoms with Gasteiger partial charge in [-0.2, -0.15) is 0 Å². The van der Waals surface area contributed by atoms with Crippen LogP contribution < -0.4 is 9.46 Å². The molecular formula is C13H19NO6S. The molecule has 0 aliphatic heterocycles. The molecule has 7 nitrogen and oxygen atoms in total. The van der Waals surface area contributed by atoms with Crippen LogP contribution in [0.25, 0.3) is 0 Å². The van der Waals surface area contributed by atoms with Crippen LogP contribution in [0.3, 0.4) is 0 Å². The topological polar surface area (TPSA) is 102 Å². The van der Waals surface area contributed by atoms with Gasteiger partial charge in [0.05, 0.1) is 19.3 Å². The Labute approximate surface area is 123 Å². The minimum atomic E-state index is -3.82. The molecule has 0 fully saturated rings. The van der Waals surface area contributed by atoms with E-state index in [2.05, 4.69) is 4.72 Å². The molecule has 0 aromatic heterocycles. The summed E-state index contributed by atoms with van der Waals surface area (Å²) in [5.74, 6) is -1.18. The second-order valence-electron chi connectivity index (χ2n) is 4.35. The highest BCUT2D eigenvalue weighted by molar-refractivity contribution is 7.89. The molecule has 0 radical (unpaired) electrons. The molecule has 118 valence electrons. The highest BCUT2D eigenvalue weighted by atomic mass is 32.2. The zero-order valence-corrected chi connectivity index (χ0v) is 12.9. The van der Waals surface area contributed by atoms with Crippen molar-refractivity contribution in [1.82, 2.24) is 4.72 Å². The molecule has 0 bridgehead atoms. The van der Waals surface area contributed by atoms with Gasteiger partial charge in [0.2, 0.25) is 10.0 Å². The van der Waals surface area contributed by atoms with E-state index in [9.17, 15) is 13.2 Å². The van der Waals surface area contributed by atoms with Crippen LogP contribution in [-0.2, 0) is 14.8 Å². The van der Waals surface area contributed by atoms with Gasteiger partial charge in [0.15, 0.2) is 0 Å². The van der Waals surface area contributed by atoms with Crippen molar-refractivity contribution in [2.75, 3.05) is 20.3 Å². The van der Waals surface area contributed by atoms with Crippen molar-refractivity contribution < 1.29 is 27.8 Å². The number of aromatic carboxylic acids is 1. The first kappa shape index (κ1) is 17.4. The maximum absolute atomic E-state index is 12.3. The van der Waals surface area contributed by atoms with Crippen LogP contribution in [-0.4, -0.2) is 45.9 Å². The Hall–Kier alpha value is -1.64. The Morgan fingerprint density at radius 1 is 1.43 bits per heavy atom. The summed E-state index contributed by atoms with van der Waals surface area (Å²) in [4.78, 5) is 10.8. The van der Waals surface area contributed by atoms with Gasteiger partial charge < -0.3 is 14.6 Å². The molecule has 1 aromatic carbocycles. The van der Waals surface area contributed by atoms with E-state index >= 15 is 0 Å². The van der Waals surface area contributed by atoms with Crippen LogP contribution in [0.1, 0.15) is 24.2 Å². The molecule has 1 rings (SSSR count). The van der Waals surface area contributed by atoms with Crippen LogP contribution in [0.2, 0.25) is 0 Å². The summed E-state index contributed by atoms with van der Waals surface area (Å²) in [6.45, 7) is 4.22. The molecule has 0 aliphatic carbocycles. The molecule has 0 saturated heterocycles. The lowest BCUT2D eigenvalue weighted by atomic mass is 10.2. The predicted octanol–water partition coefficient (Wildman–Crippen LogP) is 1.10. The summed E-state index contributed by atoms with van der Waals surface area (Å²) in [6, 6.07) is 3.17. The Bertz CT molecular complexity index is 599. The van der Waals surface area contributed by atoms with Crippen molar-refractivity contribution >= 4 is 16.0 Å². The molecule has 1 unspecified atom stereocenters. The van der Waals surface area contributed by atoms with Crippen LogP contribution in [0.4, 0.5) is 0 Å². The molecule has 21 heavy (non-hydrogen) atoms. The molecular weight excluding hydrogens is 298 g/mol. The van der Waals surface area contributed by atoms with Crippen LogP contribution >= 0.6 is 0 Å². The standard InChI is InChI=1S/C13H19NO6S/c1-4-20-8-9(2)14-21(17,18)12-6-5-10(13(15)16)7-11(12)19-3/h5-7,9,14H,4,8H2,1-3H3,(H,15,16). The number of hydrogen-bond acceptors (Lipinski definition) is 5. The summed E-state index contributed by atoms with van der Waals surface area (Å²) < 4.78 is 37.1. The van der Waals surface area contributed by atoms with Gasteiger partial charge in [-0.15, -0.1) is 0 Å². The molecule has 1 atom stereocenters. The molecule has 1 aromatic rings. The fourth-order valence-corrected chi connectivity index (χ4v) is 3.06. The highest BCUT2D eigenvalue weighted by Crippen LogP contribution is 2.25. The van der Waals surface area contributed by atoms with Gasteiger partial charge >= 0.3 is 5.97 Å². The van der Waals surface area contributed by atoms with Crippen molar-refractivity contribution in [1.29, 1.82) is 0 Å². The van der Waals surface area contributed by atoms with E-state index in [1.54, 1.807) is 6.92 Å². The number of rotatable bonds is 8. The maximum Gasteiger partial charge on any atom is 0.335 e. The van der Waals surface area contributed by atoms with Gasteiger partial charge in [0.1, 0.15) is 10.6 Å². The summed E-state index contributed by atoms with van der Waals surface area (Å²) in [6.07, 6.45) is 0. The first-order valence-corrected chi connectivity index (χ1v) is 7.81. The normalized spacial score (nSPS) is 12.9. The van der Waals surface area contributed by atoms with Gasteiger partial charge in [-0.1, -0.05) is 0 Å². The van der Waals surface area contributed by atoms with E-state index in [1.807, 2.05) is 6.92 Å².